The minimum Gasteiger partial charge on any atom is -0.382 e. The van der Waals surface area contributed by atoms with Crippen molar-refractivity contribution in [1.29, 1.82) is 5.26 Å². The SMILES string of the molecule is Cc1cccc(C#N)c1NCC(C)N. The van der Waals surface area contributed by atoms with Gasteiger partial charge >= 0.3 is 0 Å². The zero-order valence-electron chi connectivity index (χ0n) is 8.54. The van der Waals surface area contributed by atoms with Crippen molar-refractivity contribution in [2.75, 3.05) is 11.9 Å². The first kappa shape index (κ1) is 10.6. The third-order valence-corrected chi connectivity index (χ3v) is 1.99. The third-order valence-electron chi connectivity index (χ3n) is 1.99. The van der Waals surface area contributed by atoms with Gasteiger partial charge in [0.25, 0.3) is 0 Å². The van der Waals surface area contributed by atoms with E-state index in [1.165, 1.54) is 0 Å². The van der Waals surface area contributed by atoms with E-state index in [9.17, 15) is 0 Å². The second-order valence-corrected chi connectivity index (χ2v) is 3.47. The lowest BCUT2D eigenvalue weighted by Gasteiger charge is -2.12. The standard InChI is InChI=1S/C11H15N3/c1-8-4-3-5-10(6-12)11(8)14-7-9(2)13/h3-5,9,14H,7,13H2,1-2H3. The van der Waals surface area contributed by atoms with Crippen molar-refractivity contribution in [1.82, 2.24) is 0 Å². The molecule has 74 valence electrons. The Morgan fingerprint density at radius 2 is 2.29 bits per heavy atom. The summed E-state index contributed by atoms with van der Waals surface area (Å²) in [6, 6.07) is 7.90. The summed E-state index contributed by atoms with van der Waals surface area (Å²) in [6.45, 7) is 4.58. The molecule has 1 aromatic rings. The van der Waals surface area contributed by atoms with Crippen LogP contribution in [0.2, 0.25) is 0 Å². The highest BCUT2D eigenvalue weighted by molar-refractivity contribution is 5.62. The number of anilines is 1. The number of hydrogen-bond acceptors (Lipinski definition) is 3. The molecule has 0 aliphatic carbocycles. The number of nitrogens with two attached hydrogens (primary N) is 1. The molecule has 0 aliphatic heterocycles. The minimum absolute atomic E-state index is 0.0844. The van der Waals surface area contributed by atoms with E-state index in [2.05, 4.69) is 11.4 Å². The van der Waals surface area contributed by atoms with Crippen LogP contribution in [0.5, 0.6) is 0 Å². The quantitative estimate of drug-likeness (QED) is 0.759. The van der Waals surface area contributed by atoms with Crippen LogP contribution in [-0.4, -0.2) is 12.6 Å². The van der Waals surface area contributed by atoms with Crippen LogP contribution in [0.15, 0.2) is 18.2 Å². The Bertz CT molecular complexity index is 350. The van der Waals surface area contributed by atoms with Gasteiger partial charge < -0.3 is 11.1 Å². The number of benzene rings is 1. The predicted octanol–water partition coefficient (Wildman–Crippen LogP) is 1.63. The highest BCUT2D eigenvalue weighted by Gasteiger charge is 2.04. The summed E-state index contributed by atoms with van der Waals surface area (Å²) in [5.74, 6) is 0. The van der Waals surface area contributed by atoms with Crippen LogP contribution in [0.1, 0.15) is 18.1 Å². The summed E-state index contributed by atoms with van der Waals surface area (Å²) >= 11 is 0. The van der Waals surface area contributed by atoms with Gasteiger partial charge in [-0.2, -0.15) is 5.26 Å². The van der Waals surface area contributed by atoms with E-state index in [1.54, 1.807) is 6.07 Å². The molecule has 0 bridgehead atoms. The number of rotatable bonds is 3. The molecule has 1 rings (SSSR count). The van der Waals surface area contributed by atoms with Gasteiger partial charge in [0.15, 0.2) is 0 Å². The van der Waals surface area contributed by atoms with Crippen molar-refractivity contribution >= 4 is 5.69 Å². The first-order valence-electron chi connectivity index (χ1n) is 4.64. The fourth-order valence-corrected chi connectivity index (χ4v) is 1.26. The molecular weight excluding hydrogens is 174 g/mol. The number of nitrogens with one attached hydrogen (secondary N) is 1. The van der Waals surface area contributed by atoms with Crippen molar-refractivity contribution in [3.8, 4) is 6.07 Å². The van der Waals surface area contributed by atoms with Gasteiger partial charge in [-0.15, -0.1) is 0 Å². The van der Waals surface area contributed by atoms with E-state index in [-0.39, 0.29) is 6.04 Å². The fraction of sp³-hybridized carbons (Fsp3) is 0.364. The number of para-hydroxylation sites is 1. The highest BCUT2D eigenvalue weighted by atomic mass is 14.9. The number of nitrogens with zero attached hydrogens (tertiary/aromatic N) is 1. The van der Waals surface area contributed by atoms with Gasteiger partial charge in [-0.3, -0.25) is 0 Å². The lowest BCUT2D eigenvalue weighted by Crippen LogP contribution is -2.25. The van der Waals surface area contributed by atoms with Crippen molar-refractivity contribution in [2.24, 2.45) is 5.73 Å². The van der Waals surface area contributed by atoms with E-state index in [1.807, 2.05) is 26.0 Å². The van der Waals surface area contributed by atoms with Crippen molar-refractivity contribution in [3.63, 3.8) is 0 Å². The molecule has 0 heterocycles. The zero-order chi connectivity index (χ0) is 10.6. The van der Waals surface area contributed by atoms with Gasteiger partial charge in [-0.05, 0) is 25.5 Å². The largest absolute Gasteiger partial charge is 0.382 e. The molecule has 0 fully saturated rings. The molecule has 14 heavy (non-hydrogen) atoms. The Kier molecular flexibility index (Phi) is 3.49. The topological polar surface area (TPSA) is 61.8 Å². The summed E-state index contributed by atoms with van der Waals surface area (Å²) in [5, 5.41) is 12.1. The maximum absolute atomic E-state index is 8.89. The third kappa shape index (κ3) is 2.48. The van der Waals surface area contributed by atoms with Gasteiger partial charge in [0, 0.05) is 12.6 Å². The Labute approximate surface area is 84.5 Å². The van der Waals surface area contributed by atoms with E-state index < -0.39 is 0 Å². The smallest absolute Gasteiger partial charge is 0.101 e. The van der Waals surface area contributed by atoms with E-state index in [4.69, 9.17) is 11.0 Å². The van der Waals surface area contributed by atoms with Crippen LogP contribution in [0.3, 0.4) is 0 Å². The lowest BCUT2D eigenvalue weighted by molar-refractivity contribution is 0.779. The number of aryl methyl sites for hydroxylation is 1. The van der Waals surface area contributed by atoms with Crippen LogP contribution in [0.25, 0.3) is 0 Å². The van der Waals surface area contributed by atoms with Gasteiger partial charge in [0.1, 0.15) is 6.07 Å². The molecule has 3 N–H and O–H groups in total. The predicted molar refractivity (Wildman–Crippen MR) is 58.0 cm³/mol. The molecule has 0 spiro atoms. The molecule has 0 saturated heterocycles. The van der Waals surface area contributed by atoms with Crippen molar-refractivity contribution in [2.45, 2.75) is 19.9 Å². The normalized spacial score (nSPS) is 11.9. The van der Waals surface area contributed by atoms with Gasteiger partial charge in [-0.25, -0.2) is 0 Å². The molecule has 0 aromatic heterocycles. The Hall–Kier alpha value is -1.53. The Morgan fingerprint density at radius 1 is 1.57 bits per heavy atom. The molecule has 0 aliphatic rings. The van der Waals surface area contributed by atoms with Crippen LogP contribution in [0.4, 0.5) is 5.69 Å². The molecular formula is C11H15N3. The van der Waals surface area contributed by atoms with E-state index in [0.717, 1.165) is 11.3 Å². The molecule has 1 unspecified atom stereocenters. The average molecular weight is 189 g/mol. The number of hydrogen-bond donors (Lipinski definition) is 2. The molecule has 0 saturated carbocycles. The number of nitriles is 1. The Balaban J connectivity index is 2.89. The summed E-state index contributed by atoms with van der Waals surface area (Å²) < 4.78 is 0. The summed E-state index contributed by atoms with van der Waals surface area (Å²) in [5.41, 5.74) is 8.28. The van der Waals surface area contributed by atoms with Crippen LogP contribution >= 0.6 is 0 Å². The zero-order valence-corrected chi connectivity index (χ0v) is 8.54. The molecule has 1 aromatic carbocycles. The maximum Gasteiger partial charge on any atom is 0.101 e. The van der Waals surface area contributed by atoms with Crippen LogP contribution < -0.4 is 11.1 Å². The molecule has 3 nitrogen and oxygen atoms in total. The van der Waals surface area contributed by atoms with Crippen LogP contribution in [-0.2, 0) is 0 Å². The van der Waals surface area contributed by atoms with E-state index in [0.29, 0.717) is 12.1 Å². The first-order chi connectivity index (χ1) is 6.65. The molecule has 0 amide bonds. The second kappa shape index (κ2) is 4.64. The van der Waals surface area contributed by atoms with Gasteiger partial charge in [0.05, 0.1) is 11.3 Å². The summed E-state index contributed by atoms with van der Waals surface area (Å²) in [4.78, 5) is 0. The van der Waals surface area contributed by atoms with E-state index >= 15 is 0 Å². The van der Waals surface area contributed by atoms with Gasteiger partial charge in [-0.1, -0.05) is 12.1 Å². The highest BCUT2D eigenvalue weighted by Crippen LogP contribution is 2.19. The van der Waals surface area contributed by atoms with Crippen LogP contribution in [0, 0.1) is 18.3 Å². The average Bonchev–Trinajstić information content (AvgIpc) is 2.15. The van der Waals surface area contributed by atoms with Crippen molar-refractivity contribution in [3.05, 3.63) is 29.3 Å². The molecule has 0 radical (unpaired) electrons. The molecule has 3 heteroatoms. The monoisotopic (exact) mass is 189 g/mol. The second-order valence-electron chi connectivity index (χ2n) is 3.47. The minimum atomic E-state index is 0.0844. The summed E-state index contributed by atoms with van der Waals surface area (Å²) in [6.07, 6.45) is 0. The molecule has 1 atom stereocenters. The van der Waals surface area contributed by atoms with Crippen molar-refractivity contribution < 1.29 is 0 Å². The fourth-order valence-electron chi connectivity index (χ4n) is 1.26. The Morgan fingerprint density at radius 3 is 2.86 bits per heavy atom. The lowest BCUT2D eigenvalue weighted by atomic mass is 10.1. The maximum atomic E-state index is 8.89. The first-order valence-corrected chi connectivity index (χ1v) is 4.64. The van der Waals surface area contributed by atoms with Gasteiger partial charge in [0.2, 0.25) is 0 Å². The summed E-state index contributed by atoms with van der Waals surface area (Å²) in [7, 11) is 0.